The van der Waals surface area contributed by atoms with Crippen molar-refractivity contribution < 1.29 is 9.90 Å². The highest BCUT2D eigenvalue weighted by molar-refractivity contribution is 5.85. The molecule has 0 bridgehead atoms. The fraction of sp³-hybridized carbons (Fsp3) is 0.375. The lowest BCUT2D eigenvalue weighted by Gasteiger charge is -1.97. The van der Waals surface area contributed by atoms with Gasteiger partial charge in [-0.15, -0.1) is 0 Å². The predicted octanol–water partition coefficient (Wildman–Crippen LogP) is 0.345. The predicted molar refractivity (Wildman–Crippen MR) is 43.8 cm³/mol. The number of nitrogens with one attached hydrogen (secondary N) is 1. The van der Waals surface area contributed by atoms with Crippen LogP contribution in [0, 0.1) is 0 Å². The third-order valence-corrected chi connectivity index (χ3v) is 2.00. The van der Waals surface area contributed by atoms with E-state index in [-0.39, 0.29) is 5.69 Å². The van der Waals surface area contributed by atoms with Crippen LogP contribution >= 0.6 is 0 Å². The highest BCUT2D eigenvalue weighted by atomic mass is 16.4. The third-order valence-electron chi connectivity index (χ3n) is 2.00. The quantitative estimate of drug-likeness (QED) is 0.687. The average Bonchev–Trinajstić information content (AvgIpc) is 2.85. The summed E-state index contributed by atoms with van der Waals surface area (Å²) < 4.78 is 0. The summed E-state index contributed by atoms with van der Waals surface area (Å²) in [5.41, 5.74) is -0.0650. The minimum Gasteiger partial charge on any atom is -0.477 e. The molecule has 0 radical (unpaired) electrons. The zero-order chi connectivity index (χ0) is 9.42. The number of carboxylic acid groups (broad SMARTS) is 1. The molecule has 1 aliphatic carbocycles. The summed E-state index contributed by atoms with van der Waals surface area (Å²) in [4.78, 5) is 27.3. The van der Waals surface area contributed by atoms with Crippen LogP contribution in [0.15, 0.2) is 10.9 Å². The molecular weight excluding hydrogens is 172 g/mol. The number of hydrogen-bond acceptors (Lipinski definition) is 3. The van der Waals surface area contributed by atoms with Gasteiger partial charge in [-0.25, -0.2) is 9.59 Å². The monoisotopic (exact) mass is 180 g/mol. The van der Waals surface area contributed by atoms with E-state index in [0.717, 1.165) is 12.8 Å². The van der Waals surface area contributed by atoms with E-state index >= 15 is 0 Å². The molecule has 1 heterocycles. The summed E-state index contributed by atoms with van der Waals surface area (Å²) >= 11 is 0. The normalized spacial score (nSPS) is 15.7. The Morgan fingerprint density at radius 3 is 2.85 bits per heavy atom. The lowest BCUT2D eigenvalue weighted by atomic mass is 10.2. The molecule has 0 atom stereocenters. The van der Waals surface area contributed by atoms with Gasteiger partial charge in [-0.2, -0.15) is 4.98 Å². The average molecular weight is 180 g/mol. The zero-order valence-electron chi connectivity index (χ0n) is 6.78. The SMILES string of the molecule is O=C(O)c1cc(C2CC2)[nH]c(=O)n1. The molecule has 0 amide bonds. The van der Waals surface area contributed by atoms with E-state index in [2.05, 4.69) is 9.97 Å². The van der Waals surface area contributed by atoms with E-state index in [4.69, 9.17) is 5.11 Å². The van der Waals surface area contributed by atoms with Crippen LogP contribution in [0.2, 0.25) is 0 Å². The van der Waals surface area contributed by atoms with Crippen LogP contribution in [0.5, 0.6) is 0 Å². The van der Waals surface area contributed by atoms with Crippen LogP contribution in [-0.4, -0.2) is 21.0 Å². The fourth-order valence-corrected chi connectivity index (χ4v) is 1.20. The van der Waals surface area contributed by atoms with Crippen LogP contribution in [0.4, 0.5) is 0 Å². The first-order valence-corrected chi connectivity index (χ1v) is 4.01. The van der Waals surface area contributed by atoms with E-state index in [9.17, 15) is 9.59 Å². The van der Waals surface area contributed by atoms with Crippen molar-refractivity contribution in [2.24, 2.45) is 0 Å². The molecule has 1 saturated carbocycles. The molecular formula is C8H8N2O3. The molecule has 68 valence electrons. The highest BCUT2D eigenvalue weighted by Crippen LogP contribution is 2.38. The molecule has 0 saturated heterocycles. The van der Waals surface area contributed by atoms with Crippen molar-refractivity contribution in [1.29, 1.82) is 0 Å². The van der Waals surface area contributed by atoms with Gasteiger partial charge < -0.3 is 10.1 Å². The summed E-state index contributed by atoms with van der Waals surface area (Å²) in [5, 5.41) is 8.62. The first-order chi connectivity index (χ1) is 6.16. The third kappa shape index (κ3) is 1.58. The molecule has 13 heavy (non-hydrogen) atoms. The first-order valence-electron chi connectivity index (χ1n) is 4.01. The fourth-order valence-electron chi connectivity index (χ4n) is 1.20. The summed E-state index contributed by atoms with van der Waals surface area (Å²) in [6.07, 6.45) is 2.03. The Labute approximate surface area is 73.4 Å². The van der Waals surface area contributed by atoms with Gasteiger partial charge in [-0.3, -0.25) is 0 Å². The molecule has 5 heteroatoms. The van der Waals surface area contributed by atoms with Crippen LogP contribution in [0.1, 0.15) is 34.9 Å². The van der Waals surface area contributed by atoms with Crippen molar-refractivity contribution in [2.75, 3.05) is 0 Å². The van der Waals surface area contributed by atoms with Crippen molar-refractivity contribution >= 4 is 5.97 Å². The van der Waals surface area contributed by atoms with Gasteiger partial charge in [0, 0.05) is 5.69 Å². The molecule has 0 unspecified atom stereocenters. The molecule has 1 fully saturated rings. The topological polar surface area (TPSA) is 83.0 Å². The number of aromatic nitrogens is 2. The maximum absolute atomic E-state index is 10.9. The number of hydrogen-bond donors (Lipinski definition) is 2. The maximum Gasteiger partial charge on any atom is 0.354 e. The van der Waals surface area contributed by atoms with Crippen molar-refractivity contribution in [3.63, 3.8) is 0 Å². The molecule has 0 spiro atoms. The summed E-state index contributed by atoms with van der Waals surface area (Å²) in [6.45, 7) is 0. The molecule has 0 aromatic carbocycles. The van der Waals surface area contributed by atoms with Gasteiger partial charge in [0.2, 0.25) is 0 Å². The summed E-state index contributed by atoms with van der Waals surface area (Å²) in [7, 11) is 0. The largest absolute Gasteiger partial charge is 0.477 e. The summed E-state index contributed by atoms with van der Waals surface area (Å²) in [6, 6.07) is 1.43. The van der Waals surface area contributed by atoms with Crippen LogP contribution in [0.25, 0.3) is 0 Å². The number of carboxylic acids is 1. The van der Waals surface area contributed by atoms with Crippen molar-refractivity contribution in [1.82, 2.24) is 9.97 Å². The van der Waals surface area contributed by atoms with Crippen LogP contribution in [-0.2, 0) is 0 Å². The van der Waals surface area contributed by atoms with Gasteiger partial charge in [0.05, 0.1) is 0 Å². The number of carbonyl (C=O) groups is 1. The van der Waals surface area contributed by atoms with Gasteiger partial charge in [0.25, 0.3) is 0 Å². The Morgan fingerprint density at radius 2 is 2.31 bits per heavy atom. The number of nitrogens with zero attached hydrogens (tertiary/aromatic N) is 1. The molecule has 2 N–H and O–H groups in total. The Hall–Kier alpha value is -1.65. The number of rotatable bonds is 2. The van der Waals surface area contributed by atoms with Gasteiger partial charge in [0.1, 0.15) is 0 Å². The maximum atomic E-state index is 10.9. The number of aromatic amines is 1. The molecule has 1 aliphatic rings. The Bertz CT molecular complexity index is 406. The van der Waals surface area contributed by atoms with Crippen LogP contribution < -0.4 is 5.69 Å². The first kappa shape index (κ1) is 7.97. The van der Waals surface area contributed by atoms with E-state index < -0.39 is 11.7 Å². The van der Waals surface area contributed by atoms with E-state index in [0.29, 0.717) is 11.6 Å². The molecule has 5 nitrogen and oxygen atoms in total. The Balaban J connectivity index is 2.47. The molecule has 1 aromatic rings. The Kier molecular flexibility index (Phi) is 1.65. The van der Waals surface area contributed by atoms with Gasteiger partial charge in [0.15, 0.2) is 5.69 Å². The van der Waals surface area contributed by atoms with Crippen molar-refractivity contribution in [3.8, 4) is 0 Å². The van der Waals surface area contributed by atoms with Crippen LogP contribution in [0.3, 0.4) is 0 Å². The molecule has 0 aliphatic heterocycles. The lowest BCUT2D eigenvalue weighted by Crippen LogP contribution is -2.17. The molecule has 2 rings (SSSR count). The van der Waals surface area contributed by atoms with E-state index in [1.165, 1.54) is 6.07 Å². The van der Waals surface area contributed by atoms with E-state index in [1.54, 1.807) is 0 Å². The minimum atomic E-state index is -1.16. The standard InChI is InChI=1S/C8H8N2O3/c11-7(12)6-3-5(4-1-2-4)9-8(13)10-6/h3-4H,1-2H2,(H,11,12)(H,9,10,13). The zero-order valence-corrected chi connectivity index (χ0v) is 6.78. The van der Waals surface area contributed by atoms with Gasteiger partial charge in [-0.05, 0) is 24.8 Å². The smallest absolute Gasteiger partial charge is 0.354 e. The number of H-pyrrole nitrogens is 1. The number of aromatic carboxylic acids is 1. The van der Waals surface area contributed by atoms with Crippen molar-refractivity contribution in [3.05, 3.63) is 27.9 Å². The second kappa shape index (κ2) is 2.69. The summed E-state index contributed by atoms with van der Waals surface area (Å²) in [5.74, 6) is -0.832. The van der Waals surface area contributed by atoms with Gasteiger partial charge in [-0.1, -0.05) is 0 Å². The molecule has 1 aromatic heterocycles. The lowest BCUT2D eigenvalue weighted by molar-refractivity contribution is 0.0689. The highest BCUT2D eigenvalue weighted by Gasteiger charge is 2.25. The second-order valence-corrected chi connectivity index (χ2v) is 3.11. The van der Waals surface area contributed by atoms with E-state index in [1.807, 2.05) is 0 Å². The second-order valence-electron chi connectivity index (χ2n) is 3.11. The van der Waals surface area contributed by atoms with Crippen molar-refractivity contribution in [2.45, 2.75) is 18.8 Å². The van der Waals surface area contributed by atoms with Gasteiger partial charge >= 0.3 is 11.7 Å². The Morgan fingerprint density at radius 1 is 1.62 bits per heavy atom. The minimum absolute atomic E-state index is 0.175.